The lowest BCUT2D eigenvalue weighted by Gasteiger charge is -2.39. The Labute approximate surface area is 234 Å². The van der Waals surface area contributed by atoms with Crippen molar-refractivity contribution in [3.05, 3.63) is 60.0 Å². The summed E-state index contributed by atoms with van der Waals surface area (Å²) in [7, 11) is -4.02. The van der Waals surface area contributed by atoms with Gasteiger partial charge in [0.1, 0.15) is 0 Å². The molecular weight excluding hydrogens is 530 g/mol. The Morgan fingerprint density at radius 2 is 1.62 bits per heavy atom. The SMILES string of the molecule is Cc1ccc(-c2noc(C3CCN(c4ccc(S(=O)(=O)C5(C(=O)NO)CCN(C6CC6)CC5)cc4)CC3)n2)cc1. The maximum atomic E-state index is 13.8. The summed E-state index contributed by atoms with van der Waals surface area (Å²) in [5, 5.41) is 13.6. The van der Waals surface area contributed by atoms with Gasteiger partial charge in [-0.2, -0.15) is 4.98 Å². The maximum absolute atomic E-state index is 13.8. The van der Waals surface area contributed by atoms with Crippen molar-refractivity contribution in [3.63, 3.8) is 0 Å². The number of hydrogen-bond acceptors (Lipinski definition) is 9. The summed E-state index contributed by atoms with van der Waals surface area (Å²) in [6, 6.07) is 15.3. The van der Waals surface area contributed by atoms with Gasteiger partial charge >= 0.3 is 0 Å². The molecule has 2 saturated heterocycles. The smallest absolute Gasteiger partial charge is 0.265 e. The highest BCUT2D eigenvalue weighted by Gasteiger charge is 2.54. The first-order valence-corrected chi connectivity index (χ1v) is 15.5. The number of rotatable bonds is 7. The van der Waals surface area contributed by atoms with E-state index < -0.39 is 20.5 Å². The number of sulfone groups is 1. The van der Waals surface area contributed by atoms with Gasteiger partial charge in [0.15, 0.2) is 14.6 Å². The molecule has 2 N–H and O–H groups in total. The van der Waals surface area contributed by atoms with Crippen LogP contribution in [0.4, 0.5) is 5.69 Å². The summed E-state index contributed by atoms with van der Waals surface area (Å²) in [5.74, 6) is 0.568. The molecule has 10 nitrogen and oxygen atoms in total. The van der Waals surface area contributed by atoms with Crippen LogP contribution < -0.4 is 10.4 Å². The molecule has 0 unspecified atom stereocenters. The zero-order valence-electron chi connectivity index (χ0n) is 22.6. The zero-order valence-corrected chi connectivity index (χ0v) is 23.4. The first-order valence-electron chi connectivity index (χ1n) is 14.0. The largest absolute Gasteiger partial charge is 0.371 e. The van der Waals surface area contributed by atoms with Gasteiger partial charge in [0.2, 0.25) is 11.7 Å². The second-order valence-electron chi connectivity index (χ2n) is 11.3. The number of piperidine rings is 2. The lowest BCUT2D eigenvalue weighted by molar-refractivity contribution is -0.133. The van der Waals surface area contributed by atoms with Crippen LogP contribution in [0.3, 0.4) is 0 Å². The molecule has 1 aromatic heterocycles. The van der Waals surface area contributed by atoms with Crippen LogP contribution >= 0.6 is 0 Å². The third-order valence-corrected chi connectivity index (χ3v) is 11.3. The molecular formula is C29H35N5O5S. The molecule has 3 aromatic rings. The molecule has 2 aromatic carbocycles. The molecule has 3 aliphatic rings. The van der Waals surface area contributed by atoms with Crippen LogP contribution in [0.1, 0.15) is 55.9 Å². The summed E-state index contributed by atoms with van der Waals surface area (Å²) < 4.78 is 31.5. The third kappa shape index (κ3) is 4.90. The van der Waals surface area contributed by atoms with E-state index in [0.717, 1.165) is 50.0 Å². The molecule has 0 bridgehead atoms. The van der Waals surface area contributed by atoms with Crippen LogP contribution in [0, 0.1) is 6.92 Å². The van der Waals surface area contributed by atoms with Crippen molar-refractivity contribution in [3.8, 4) is 11.4 Å². The van der Waals surface area contributed by atoms with Gasteiger partial charge in [-0.1, -0.05) is 35.0 Å². The highest BCUT2D eigenvalue weighted by atomic mass is 32.2. The Hall–Kier alpha value is -3.28. The van der Waals surface area contributed by atoms with E-state index in [0.29, 0.717) is 30.8 Å². The Bertz CT molecular complexity index is 1450. The first kappa shape index (κ1) is 26.9. The van der Waals surface area contributed by atoms with Gasteiger partial charge < -0.3 is 14.3 Å². The lowest BCUT2D eigenvalue weighted by Crippen LogP contribution is -2.58. The number of anilines is 1. The average Bonchev–Trinajstić information content (AvgIpc) is 3.73. The highest BCUT2D eigenvalue weighted by Crippen LogP contribution is 2.40. The summed E-state index contributed by atoms with van der Waals surface area (Å²) in [4.78, 5) is 22.0. The maximum Gasteiger partial charge on any atom is 0.265 e. The van der Waals surface area contributed by atoms with E-state index in [1.165, 1.54) is 5.56 Å². The van der Waals surface area contributed by atoms with Crippen LogP contribution in [0.25, 0.3) is 11.4 Å². The van der Waals surface area contributed by atoms with Gasteiger partial charge in [0.05, 0.1) is 4.90 Å². The Morgan fingerprint density at radius 1 is 0.975 bits per heavy atom. The predicted octanol–water partition coefficient (Wildman–Crippen LogP) is 3.71. The molecule has 0 spiro atoms. The average molecular weight is 566 g/mol. The van der Waals surface area contributed by atoms with E-state index in [4.69, 9.17) is 4.52 Å². The minimum absolute atomic E-state index is 0.101. The minimum Gasteiger partial charge on any atom is -0.371 e. The Morgan fingerprint density at radius 3 is 2.23 bits per heavy atom. The molecule has 2 aliphatic heterocycles. The van der Waals surface area contributed by atoms with Gasteiger partial charge in [-0.15, -0.1) is 0 Å². The molecule has 3 heterocycles. The van der Waals surface area contributed by atoms with Crippen molar-refractivity contribution in [2.24, 2.45) is 0 Å². The number of aromatic nitrogens is 2. The third-order valence-electron chi connectivity index (χ3n) is 8.81. The second kappa shape index (κ2) is 10.6. The van der Waals surface area contributed by atoms with Crippen LogP contribution in [0.2, 0.25) is 0 Å². The van der Waals surface area contributed by atoms with Gasteiger partial charge in [-0.05, 0) is 69.7 Å². The fourth-order valence-electron chi connectivity index (χ4n) is 6.08. The molecule has 6 rings (SSSR count). The number of hydroxylamine groups is 1. The van der Waals surface area contributed by atoms with E-state index in [9.17, 15) is 18.4 Å². The Kier molecular flexibility index (Phi) is 7.14. The quantitative estimate of drug-likeness (QED) is 0.325. The molecule has 1 saturated carbocycles. The number of nitrogens with one attached hydrogen (secondary N) is 1. The van der Waals surface area contributed by atoms with Gasteiger partial charge in [0, 0.05) is 49.4 Å². The van der Waals surface area contributed by atoms with Crippen molar-refractivity contribution in [1.29, 1.82) is 0 Å². The normalized spacial score (nSPS) is 20.4. The van der Waals surface area contributed by atoms with Crippen molar-refractivity contribution in [2.45, 2.75) is 67.1 Å². The molecule has 0 radical (unpaired) electrons. The fraction of sp³-hybridized carbons (Fsp3) is 0.483. The fourth-order valence-corrected chi connectivity index (χ4v) is 8.03. The van der Waals surface area contributed by atoms with Crippen LogP contribution in [0.15, 0.2) is 57.9 Å². The summed E-state index contributed by atoms with van der Waals surface area (Å²) >= 11 is 0. The first-order chi connectivity index (χ1) is 19.3. The molecule has 40 heavy (non-hydrogen) atoms. The van der Waals surface area contributed by atoms with Gasteiger partial charge in [-0.25, -0.2) is 13.9 Å². The number of carbonyl (C=O) groups is 1. The van der Waals surface area contributed by atoms with Crippen molar-refractivity contribution in [2.75, 3.05) is 31.1 Å². The summed E-state index contributed by atoms with van der Waals surface area (Å²) in [6.07, 6.45) is 4.24. The van der Waals surface area contributed by atoms with E-state index >= 15 is 0 Å². The second-order valence-corrected chi connectivity index (χ2v) is 13.5. The van der Waals surface area contributed by atoms with E-state index in [-0.39, 0.29) is 23.7 Å². The number of likely N-dealkylation sites (tertiary alicyclic amines) is 1. The lowest BCUT2D eigenvalue weighted by atomic mass is 9.94. The van der Waals surface area contributed by atoms with Gasteiger partial charge in [-0.3, -0.25) is 10.0 Å². The van der Waals surface area contributed by atoms with E-state index in [1.807, 2.05) is 31.2 Å². The van der Waals surface area contributed by atoms with Crippen molar-refractivity contribution in [1.82, 2.24) is 20.5 Å². The van der Waals surface area contributed by atoms with Crippen molar-refractivity contribution < 1.29 is 22.9 Å². The monoisotopic (exact) mass is 565 g/mol. The molecule has 0 atom stereocenters. The molecule has 212 valence electrons. The minimum atomic E-state index is -4.02. The number of carbonyl (C=O) groups excluding carboxylic acids is 1. The number of hydrogen-bond donors (Lipinski definition) is 2. The number of nitrogens with zero attached hydrogens (tertiary/aromatic N) is 4. The molecule has 1 aliphatic carbocycles. The Balaban J connectivity index is 1.12. The number of aryl methyl sites for hydroxylation is 1. The van der Waals surface area contributed by atoms with Crippen LogP contribution in [0.5, 0.6) is 0 Å². The summed E-state index contributed by atoms with van der Waals surface area (Å²) in [5.41, 5.74) is 4.67. The zero-order chi connectivity index (χ0) is 27.9. The van der Waals surface area contributed by atoms with E-state index in [1.54, 1.807) is 29.7 Å². The molecule has 3 fully saturated rings. The molecule has 1 amide bonds. The topological polar surface area (TPSA) is 129 Å². The number of benzene rings is 2. The number of amides is 1. The summed E-state index contributed by atoms with van der Waals surface area (Å²) in [6.45, 7) is 4.63. The van der Waals surface area contributed by atoms with Gasteiger partial charge in [0.25, 0.3) is 5.91 Å². The van der Waals surface area contributed by atoms with E-state index in [2.05, 4.69) is 19.9 Å². The van der Waals surface area contributed by atoms with Crippen LogP contribution in [-0.4, -0.2) is 71.5 Å². The highest BCUT2D eigenvalue weighted by molar-refractivity contribution is 7.93. The van der Waals surface area contributed by atoms with Crippen molar-refractivity contribution >= 4 is 21.4 Å². The molecule has 11 heteroatoms. The standard InChI is InChI=1S/C29H35N5O5S/c1-20-2-4-21(5-3-20)26-30-27(39-32-26)22-12-16-33(17-13-22)24-8-10-25(11-9-24)40(37,38)29(28(35)31-36)14-18-34(19-15-29)23-6-7-23/h2-5,8-11,22-23,36H,6-7,12-19H2,1H3,(H,31,35). The van der Waals surface area contributed by atoms with Crippen LogP contribution in [-0.2, 0) is 14.6 Å². The predicted molar refractivity (Wildman–Crippen MR) is 149 cm³/mol.